The van der Waals surface area contributed by atoms with E-state index in [1.807, 2.05) is 18.4 Å². The standard InChI is InChI=1S/C14H11Cl2FN4/c1-6-7(2)21(14-11(6)13(18)19-5-20-14)8-3-9(15)12(17)10(16)4-8/h3-5H,1-2H3,(H2,18,19,20). The van der Waals surface area contributed by atoms with Gasteiger partial charge in [-0.2, -0.15) is 0 Å². The molecule has 0 aliphatic rings. The molecule has 0 amide bonds. The van der Waals surface area contributed by atoms with E-state index in [-0.39, 0.29) is 10.0 Å². The molecule has 2 N–H and O–H groups in total. The lowest BCUT2D eigenvalue weighted by Gasteiger charge is -2.10. The summed E-state index contributed by atoms with van der Waals surface area (Å²) in [6.45, 7) is 3.85. The second-order valence-electron chi connectivity index (χ2n) is 4.73. The minimum atomic E-state index is -0.637. The summed E-state index contributed by atoms with van der Waals surface area (Å²) in [5.74, 6) is -0.235. The topological polar surface area (TPSA) is 56.7 Å². The van der Waals surface area contributed by atoms with Gasteiger partial charge in [0, 0.05) is 5.69 Å². The summed E-state index contributed by atoms with van der Waals surface area (Å²) in [6.07, 6.45) is 1.39. The van der Waals surface area contributed by atoms with Gasteiger partial charge in [-0.1, -0.05) is 23.2 Å². The Bertz CT molecular complexity index is 850. The van der Waals surface area contributed by atoms with Gasteiger partial charge in [0.15, 0.2) is 11.5 Å². The molecule has 4 nitrogen and oxygen atoms in total. The number of benzene rings is 1. The van der Waals surface area contributed by atoms with Crippen LogP contribution in [0.15, 0.2) is 18.5 Å². The third kappa shape index (κ3) is 2.04. The quantitative estimate of drug-likeness (QED) is 0.686. The summed E-state index contributed by atoms with van der Waals surface area (Å²) in [7, 11) is 0. The first kappa shape index (κ1) is 14.1. The number of nitrogens with two attached hydrogens (primary N) is 1. The number of rotatable bonds is 1. The molecule has 0 aliphatic heterocycles. The van der Waals surface area contributed by atoms with Crippen molar-refractivity contribution in [1.29, 1.82) is 0 Å². The second-order valence-corrected chi connectivity index (χ2v) is 5.54. The highest BCUT2D eigenvalue weighted by Crippen LogP contribution is 2.33. The van der Waals surface area contributed by atoms with Crippen LogP contribution in [-0.4, -0.2) is 14.5 Å². The summed E-state index contributed by atoms with van der Waals surface area (Å²) in [6, 6.07) is 3.01. The van der Waals surface area contributed by atoms with Crippen molar-refractivity contribution in [2.24, 2.45) is 0 Å². The van der Waals surface area contributed by atoms with Crippen LogP contribution in [0.25, 0.3) is 16.7 Å². The van der Waals surface area contributed by atoms with Crippen molar-refractivity contribution in [3.8, 4) is 5.69 Å². The molecular weight excluding hydrogens is 314 g/mol. The predicted octanol–water partition coefficient (Wildman–Crippen LogP) is 4.07. The molecule has 108 valence electrons. The van der Waals surface area contributed by atoms with Crippen molar-refractivity contribution in [3.05, 3.63) is 45.6 Å². The Morgan fingerprint density at radius 2 is 1.76 bits per heavy atom. The van der Waals surface area contributed by atoms with Crippen LogP contribution in [0.5, 0.6) is 0 Å². The summed E-state index contributed by atoms with van der Waals surface area (Å²) in [5, 5.41) is 0.684. The molecule has 0 radical (unpaired) electrons. The van der Waals surface area contributed by atoms with Crippen molar-refractivity contribution < 1.29 is 4.39 Å². The molecule has 7 heteroatoms. The molecule has 2 heterocycles. The maximum absolute atomic E-state index is 13.6. The number of nitrogen functional groups attached to an aromatic ring is 1. The molecule has 0 spiro atoms. The summed E-state index contributed by atoms with van der Waals surface area (Å²) < 4.78 is 15.4. The van der Waals surface area contributed by atoms with Gasteiger partial charge in [-0.3, -0.25) is 4.57 Å². The van der Waals surface area contributed by atoms with E-state index in [0.29, 0.717) is 17.2 Å². The van der Waals surface area contributed by atoms with Crippen LogP contribution in [0, 0.1) is 19.7 Å². The number of aryl methyl sites for hydroxylation is 1. The monoisotopic (exact) mass is 324 g/mol. The fraction of sp³-hybridized carbons (Fsp3) is 0.143. The lowest BCUT2D eigenvalue weighted by Crippen LogP contribution is -2.00. The highest BCUT2D eigenvalue weighted by molar-refractivity contribution is 6.35. The lowest BCUT2D eigenvalue weighted by atomic mass is 10.2. The first-order chi connectivity index (χ1) is 9.91. The Kier molecular flexibility index (Phi) is 3.26. The highest BCUT2D eigenvalue weighted by atomic mass is 35.5. The van der Waals surface area contributed by atoms with Crippen molar-refractivity contribution in [2.45, 2.75) is 13.8 Å². The molecule has 0 bridgehead atoms. The maximum Gasteiger partial charge on any atom is 0.160 e. The first-order valence-electron chi connectivity index (χ1n) is 6.14. The van der Waals surface area contributed by atoms with E-state index in [4.69, 9.17) is 28.9 Å². The summed E-state index contributed by atoms with van der Waals surface area (Å²) in [5.41, 5.74) is 9.06. The Hall–Kier alpha value is -1.85. The lowest BCUT2D eigenvalue weighted by molar-refractivity contribution is 0.628. The zero-order chi connectivity index (χ0) is 15.3. The number of nitrogens with zero attached hydrogens (tertiary/aromatic N) is 3. The predicted molar refractivity (Wildman–Crippen MR) is 82.7 cm³/mol. The molecule has 0 saturated heterocycles. The minimum absolute atomic E-state index is 0.0431. The Balaban J connectivity index is 2.41. The Morgan fingerprint density at radius 1 is 1.14 bits per heavy atom. The first-order valence-corrected chi connectivity index (χ1v) is 6.90. The van der Waals surface area contributed by atoms with Crippen LogP contribution in [0.4, 0.5) is 10.2 Å². The van der Waals surface area contributed by atoms with Crippen molar-refractivity contribution >= 4 is 40.1 Å². The van der Waals surface area contributed by atoms with Crippen LogP contribution in [-0.2, 0) is 0 Å². The van der Waals surface area contributed by atoms with Crippen molar-refractivity contribution in [3.63, 3.8) is 0 Å². The fourth-order valence-corrected chi connectivity index (χ4v) is 2.89. The average Bonchev–Trinajstić information content (AvgIpc) is 2.69. The van der Waals surface area contributed by atoms with Crippen LogP contribution in [0.1, 0.15) is 11.3 Å². The van der Waals surface area contributed by atoms with E-state index in [9.17, 15) is 4.39 Å². The maximum atomic E-state index is 13.6. The van der Waals surface area contributed by atoms with E-state index in [1.165, 1.54) is 18.5 Å². The van der Waals surface area contributed by atoms with Crippen LogP contribution in [0.3, 0.4) is 0 Å². The molecule has 0 atom stereocenters. The zero-order valence-electron chi connectivity index (χ0n) is 11.3. The molecule has 1 aromatic carbocycles. The van der Waals surface area contributed by atoms with Gasteiger partial charge >= 0.3 is 0 Å². The fourth-order valence-electron chi connectivity index (χ4n) is 2.41. The summed E-state index contributed by atoms with van der Waals surface area (Å²) in [4.78, 5) is 8.28. The molecule has 0 saturated carbocycles. The van der Waals surface area contributed by atoms with E-state index >= 15 is 0 Å². The van der Waals surface area contributed by atoms with Gasteiger partial charge in [0.25, 0.3) is 0 Å². The molecule has 0 unspecified atom stereocenters. The van der Waals surface area contributed by atoms with Gasteiger partial charge in [-0.05, 0) is 31.5 Å². The van der Waals surface area contributed by atoms with Crippen molar-refractivity contribution in [1.82, 2.24) is 14.5 Å². The third-order valence-corrected chi connectivity index (χ3v) is 4.10. The van der Waals surface area contributed by atoms with Gasteiger partial charge in [0.05, 0.1) is 21.1 Å². The van der Waals surface area contributed by atoms with Crippen LogP contribution in [0.2, 0.25) is 10.0 Å². The number of hydrogen-bond donors (Lipinski definition) is 1. The molecular formula is C14H11Cl2FN4. The molecule has 0 fully saturated rings. The van der Waals surface area contributed by atoms with Gasteiger partial charge in [-0.15, -0.1) is 0 Å². The largest absolute Gasteiger partial charge is 0.383 e. The number of hydrogen-bond acceptors (Lipinski definition) is 3. The SMILES string of the molecule is Cc1c(C)n(-c2cc(Cl)c(F)c(Cl)c2)c2ncnc(N)c12. The molecule has 3 aromatic rings. The van der Waals surface area contributed by atoms with Crippen LogP contribution < -0.4 is 5.73 Å². The molecule has 0 aliphatic carbocycles. The molecule has 3 rings (SSSR count). The van der Waals surface area contributed by atoms with Gasteiger partial charge in [0.2, 0.25) is 0 Å². The van der Waals surface area contributed by atoms with E-state index in [2.05, 4.69) is 9.97 Å². The van der Waals surface area contributed by atoms with Gasteiger partial charge < -0.3 is 5.73 Å². The highest BCUT2D eigenvalue weighted by Gasteiger charge is 2.18. The molecule has 2 aromatic heterocycles. The minimum Gasteiger partial charge on any atom is -0.383 e. The number of fused-ring (bicyclic) bond motifs is 1. The zero-order valence-corrected chi connectivity index (χ0v) is 12.8. The second kappa shape index (κ2) is 4.86. The molecule has 21 heavy (non-hydrogen) atoms. The van der Waals surface area contributed by atoms with Crippen LogP contribution >= 0.6 is 23.2 Å². The van der Waals surface area contributed by atoms with E-state index in [1.54, 1.807) is 0 Å². The normalized spacial score (nSPS) is 11.3. The average molecular weight is 325 g/mol. The van der Waals surface area contributed by atoms with Gasteiger partial charge in [-0.25, -0.2) is 14.4 Å². The number of aromatic nitrogens is 3. The van der Waals surface area contributed by atoms with Gasteiger partial charge in [0.1, 0.15) is 12.1 Å². The van der Waals surface area contributed by atoms with E-state index < -0.39 is 5.82 Å². The summed E-state index contributed by atoms with van der Waals surface area (Å²) >= 11 is 11.8. The van der Waals surface area contributed by atoms with Crippen molar-refractivity contribution in [2.75, 3.05) is 5.73 Å². The number of halogens is 3. The Labute approximate surface area is 130 Å². The van der Waals surface area contributed by atoms with E-state index in [0.717, 1.165) is 16.6 Å². The smallest absolute Gasteiger partial charge is 0.160 e. The number of anilines is 1. The third-order valence-electron chi connectivity index (χ3n) is 3.55. The Morgan fingerprint density at radius 3 is 2.38 bits per heavy atom.